The average Bonchev–Trinajstić information content (AvgIpc) is 2.72. The Morgan fingerprint density at radius 2 is 2.15 bits per heavy atom. The first-order valence-corrected chi connectivity index (χ1v) is 4.89. The van der Waals surface area contributed by atoms with E-state index >= 15 is 0 Å². The topological polar surface area (TPSA) is 43.8 Å². The van der Waals surface area contributed by atoms with E-state index in [0.29, 0.717) is 0 Å². The van der Waals surface area contributed by atoms with Crippen molar-refractivity contribution in [3.05, 3.63) is 11.4 Å². The van der Waals surface area contributed by atoms with Crippen molar-refractivity contribution in [2.45, 2.75) is 33.7 Å². The summed E-state index contributed by atoms with van der Waals surface area (Å²) in [6, 6.07) is 0. The molecule has 3 nitrogen and oxygen atoms in total. The summed E-state index contributed by atoms with van der Waals surface area (Å²) in [7, 11) is 0. The van der Waals surface area contributed by atoms with Crippen LogP contribution in [0.3, 0.4) is 0 Å². The van der Waals surface area contributed by atoms with Crippen LogP contribution < -0.4 is 5.73 Å². The van der Waals surface area contributed by atoms with E-state index in [2.05, 4.69) is 16.7 Å². The van der Waals surface area contributed by atoms with Gasteiger partial charge in [-0.05, 0) is 32.1 Å². The van der Waals surface area contributed by atoms with Gasteiger partial charge in [-0.25, -0.2) is 0 Å². The van der Waals surface area contributed by atoms with Crippen molar-refractivity contribution in [1.82, 2.24) is 9.78 Å². The van der Waals surface area contributed by atoms with Crippen molar-refractivity contribution in [3.8, 4) is 0 Å². The van der Waals surface area contributed by atoms with E-state index in [-0.39, 0.29) is 0 Å². The molecule has 0 aliphatic heterocycles. The third kappa shape index (κ3) is 1.43. The summed E-state index contributed by atoms with van der Waals surface area (Å²) >= 11 is 0. The second-order valence-electron chi connectivity index (χ2n) is 4.24. The van der Waals surface area contributed by atoms with Gasteiger partial charge < -0.3 is 5.73 Å². The molecular formula is C10H17N3. The molecule has 72 valence electrons. The minimum absolute atomic E-state index is 0.831. The molecule has 0 saturated heterocycles. The van der Waals surface area contributed by atoms with Gasteiger partial charge in [-0.15, -0.1) is 0 Å². The van der Waals surface area contributed by atoms with Crippen molar-refractivity contribution < 1.29 is 0 Å². The molecule has 2 unspecified atom stereocenters. The molecular weight excluding hydrogens is 162 g/mol. The molecule has 1 fully saturated rings. The summed E-state index contributed by atoms with van der Waals surface area (Å²) < 4.78 is 2.05. The summed E-state index contributed by atoms with van der Waals surface area (Å²) in [5, 5.41) is 4.42. The molecule has 1 aliphatic carbocycles. The van der Waals surface area contributed by atoms with E-state index in [9.17, 15) is 0 Å². The third-order valence-corrected chi connectivity index (χ3v) is 3.12. The standard InChI is InChI=1S/C10H17N3/c1-6-4-9(6)5-13-8(3)10(11)7(2)12-13/h6,9H,4-5,11H2,1-3H3. The average molecular weight is 179 g/mol. The Hall–Kier alpha value is -0.990. The van der Waals surface area contributed by atoms with Gasteiger partial charge in [0.1, 0.15) is 0 Å². The summed E-state index contributed by atoms with van der Waals surface area (Å²) in [6.07, 6.45) is 1.35. The Labute approximate surface area is 78.9 Å². The summed E-state index contributed by atoms with van der Waals surface area (Å²) in [5.74, 6) is 1.71. The van der Waals surface area contributed by atoms with Crippen LogP contribution in [0.5, 0.6) is 0 Å². The highest BCUT2D eigenvalue weighted by atomic mass is 15.3. The van der Waals surface area contributed by atoms with E-state index in [1.54, 1.807) is 0 Å². The summed E-state index contributed by atoms with van der Waals surface area (Å²) in [6.45, 7) is 7.35. The maximum atomic E-state index is 5.85. The van der Waals surface area contributed by atoms with Crippen LogP contribution in [0.4, 0.5) is 5.69 Å². The second kappa shape index (κ2) is 2.76. The second-order valence-corrected chi connectivity index (χ2v) is 4.24. The molecule has 2 N–H and O–H groups in total. The van der Waals surface area contributed by atoms with Crippen LogP contribution in [-0.2, 0) is 6.54 Å². The predicted octanol–water partition coefficient (Wildman–Crippen LogP) is 1.74. The Balaban J connectivity index is 2.16. The summed E-state index contributed by atoms with van der Waals surface area (Å²) in [4.78, 5) is 0. The fourth-order valence-corrected chi connectivity index (χ4v) is 1.76. The molecule has 0 aromatic carbocycles. The van der Waals surface area contributed by atoms with Gasteiger partial charge in [0.15, 0.2) is 0 Å². The van der Waals surface area contributed by atoms with E-state index in [1.165, 1.54) is 6.42 Å². The van der Waals surface area contributed by atoms with Gasteiger partial charge in [-0.2, -0.15) is 5.10 Å². The van der Waals surface area contributed by atoms with Gasteiger partial charge in [0.25, 0.3) is 0 Å². The van der Waals surface area contributed by atoms with Crippen LogP contribution in [0.1, 0.15) is 24.7 Å². The zero-order valence-corrected chi connectivity index (χ0v) is 8.54. The van der Waals surface area contributed by atoms with Crippen LogP contribution in [0.2, 0.25) is 0 Å². The first kappa shape index (κ1) is 8.60. The first-order valence-electron chi connectivity index (χ1n) is 4.89. The van der Waals surface area contributed by atoms with E-state index in [1.807, 2.05) is 13.8 Å². The maximum absolute atomic E-state index is 5.85. The first-order chi connectivity index (χ1) is 6.09. The molecule has 2 rings (SSSR count). The van der Waals surface area contributed by atoms with E-state index in [0.717, 1.165) is 35.5 Å². The summed E-state index contributed by atoms with van der Waals surface area (Å²) in [5.41, 5.74) is 8.79. The zero-order chi connectivity index (χ0) is 9.59. The maximum Gasteiger partial charge on any atom is 0.0825 e. The van der Waals surface area contributed by atoms with Gasteiger partial charge >= 0.3 is 0 Å². The molecule has 1 heterocycles. The quantitative estimate of drug-likeness (QED) is 0.751. The molecule has 2 atom stereocenters. The number of hydrogen-bond acceptors (Lipinski definition) is 2. The highest BCUT2D eigenvalue weighted by Crippen LogP contribution is 2.39. The van der Waals surface area contributed by atoms with Crippen LogP contribution >= 0.6 is 0 Å². The highest BCUT2D eigenvalue weighted by molar-refractivity contribution is 5.46. The Morgan fingerprint density at radius 3 is 2.54 bits per heavy atom. The van der Waals surface area contributed by atoms with E-state index in [4.69, 9.17) is 5.73 Å². The number of hydrogen-bond donors (Lipinski definition) is 1. The molecule has 0 radical (unpaired) electrons. The number of aryl methyl sites for hydroxylation is 1. The number of anilines is 1. The zero-order valence-electron chi connectivity index (χ0n) is 8.54. The normalized spacial score (nSPS) is 26.4. The fraction of sp³-hybridized carbons (Fsp3) is 0.700. The molecule has 0 amide bonds. The van der Waals surface area contributed by atoms with Crippen LogP contribution in [0, 0.1) is 25.7 Å². The lowest BCUT2D eigenvalue weighted by molar-refractivity contribution is 0.526. The minimum atomic E-state index is 0.831. The van der Waals surface area contributed by atoms with Crippen molar-refractivity contribution in [3.63, 3.8) is 0 Å². The largest absolute Gasteiger partial charge is 0.396 e. The van der Waals surface area contributed by atoms with Crippen molar-refractivity contribution >= 4 is 5.69 Å². The number of nitrogens with two attached hydrogens (primary N) is 1. The van der Waals surface area contributed by atoms with Crippen LogP contribution in [0.15, 0.2) is 0 Å². The molecule has 1 aliphatic rings. The number of aromatic nitrogens is 2. The van der Waals surface area contributed by atoms with Gasteiger partial charge in [0.05, 0.1) is 17.1 Å². The van der Waals surface area contributed by atoms with Gasteiger partial charge in [-0.3, -0.25) is 4.68 Å². The number of rotatable bonds is 2. The highest BCUT2D eigenvalue weighted by Gasteiger charge is 2.33. The fourth-order valence-electron chi connectivity index (χ4n) is 1.76. The van der Waals surface area contributed by atoms with Gasteiger partial charge in [-0.1, -0.05) is 6.92 Å². The lowest BCUT2D eigenvalue weighted by atomic mass is 10.3. The Bertz CT molecular complexity index is 327. The third-order valence-electron chi connectivity index (χ3n) is 3.12. The molecule has 0 spiro atoms. The van der Waals surface area contributed by atoms with Crippen molar-refractivity contribution in [2.24, 2.45) is 11.8 Å². The van der Waals surface area contributed by atoms with Gasteiger partial charge in [0, 0.05) is 6.54 Å². The molecule has 13 heavy (non-hydrogen) atoms. The lowest BCUT2D eigenvalue weighted by Crippen LogP contribution is -2.05. The molecule has 3 heteroatoms. The molecule has 1 aromatic heterocycles. The Kier molecular flexibility index (Phi) is 1.82. The van der Waals surface area contributed by atoms with Crippen LogP contribution in [0.25, 0.3) is 0 Å². The molecule has 0 bridgehead atoms. The van der Waals surface area contributed by atoms with Crippen molar-refractivity contribution in [1.29, 1.82) is 0 Å². The minimum Gasteiger partial charge on any atom is -0.396 e. The van der Waals surface area contributed by atoms with E-state index < -0.39 is 0 Å². The predicted molar refractivity (Wildman–Crippen MR) is 53.4 cm³/mol. The number of nitrogen functional groups attached to an aromatic ring is 1. The Morgan fingerprint density at radius 1 is 1.54 bits per heavy atom. The monoisotopic (exact) mass is 179 g/mol. The van der Waals surface area contributed by atoms with Crippen LogP contribution in [-0.4, -0.2) is 9.78 Å². The molecule has 1 saturated carbocycles. The molecule has 1 aromatic rings. The SMILES string of the molecule is Cc1nn(CC2CC2C)c(C)c1N. The lowest BCUT2D eigenvalue weighted by Gasteiger charge is -2.02. The van der Waals surface area contributed by atoms with Gasteiger partial charge in [0.2, 0.25) is 0 Å². The van der Waals surface area contributed by atoms with Crippen molar-refractivity contribution in [2.75, 3.05) is 5.73 Å². The smallest absolute Gasteiger partial charge is 0.0825 e. The number of nitrogens with zero attached hydrogens (tertiary/aromatic N) is 2.